The van der Waals surface area contributed by atoms with Crippen LogP contribution >= 0.6 is 0 Å². The molecule has 0 saturated carbocycles. The third-order valence-electron chi connectivity index (χ3n) is 6.45. The molecule has 2 N–H and O–H groups in total. The van der Waals surface area contributed by atoms with Gasteiger partial charge in [0.05, 0.1) is 23.8 Å². The van der Waals surface area contributed by atoms with Gasteiger partial charge in [0.1, 0.15) is 11.6 Å². The lowest BCUT2D eigenvalue weighted by Crippen LogP contribution is -2.18. The van der Waals surface area contributed by atoms with Crippen LogP contribution in [0.5, 0.6) is 0 Å². The van der Waals surface area contributed by atoms with Gasteiger partial charge in [0.2, 0.25) is 0 Å². The van der Waals surface area contributed by atoms with Gasteiger partial charge < -0.3 is 9.97 Å². The lowest BCUT2D eigenvalue weighted by molar-refractivity contribution is 0.815. The molecule has 1 aliphatic heterocycles. The molecule has 30 heavy (non-hydrogen) atoms. The summed E-state index contributed by atoms with van der Waals surface area (Å²) in [7, 11) is 0. The first-order chi connectivity index (χ1) is 14.7. The predicted molar refractivity (Wildman–Crippen MR) is 120 cm³/mol. The monoisotopic (exact) mass is 393 g/mol. The average molecular weight is 393 g/mol. The fraction of sp³-hybridized carbons (Fsp3) is 0.240. The standard InChI is InChI=1S/C25H23N5/c1-14-27-12-24(29-14)16-3-5-18-19-6-4-17(25-13-28-15(2)30-25)10-22(19)23-11-26-8-7-20(23)21(18)9-16/h3,5,8-13,20H,4,6-7H2,1-2H3,(H,27,29)(H,28,30). The molecular formula is C25H23N5. The Morgan fingerprint density at radius 3 is 2.53 bits per heavy atom. The van der Waals surface area contributed by atoms with Crippen molar-refractivity contribution in [3.63, 3.8) is 0 Å². The molecule has 3 heterocycles. The minimum absolute atomic E-state index is 0.347. The predicted octanol–water partition coefficient (Wildman–Crippen LogP) is 5.50. The Morgan fingerprint density at radius 1 is 0.967 bits per heavy atom. The first kappa shape index (κ1) is 17.4. The minimum Gasteiger partial charge on any atom is -0.343 e. The van der Waals surface area contributed by atoms with Gasteiger partial charge in [-0.3, -0.25) is 4.99 Å². The van der Waals surface area contributed by atoms with E-state index in [4.69, 9.17) is 0 Å². The van der Waals surface area contributed by atoms with Crippen LogP contribution in [-0.4, -0.2) is 26.2 Å². The van der Waals surface area contributed by atoms with Crippen LogP contribution in [0.2, 0.25) is 0 Å². The number of nitrogens with one attached hydrogen (secondary N) is 2. The number of nitrogens with zero attached hydrogens (tertiary/aromatic N) is 3. The molecular weight excluding hydrogens is 370 g/mol. The summed E-state index contributed by atoms with van der Waals surface area (Å²) in [6.07, 6.45) is 13.3. The summed E-state index contributed by atoms with van der Waals surface area (Å²) in [4.78, 5) is 20.1. The van der Waals surface area contributed by atoms with Gasteiger partial charge in [0.15, 0.2) is 0 Å². The third-order valence-corrected chi connectivity index (χ3v) is 6.45. The molecule has 5 heteroatoms. The van der Waals surface area contributed by atoms with Gasteiger partial charge in [-0.2, -0.15) is 0 Å². The first-order valence-electron chi connectivity index (χ1n) is 10.5. The highest BCUT2D eigenvalue weighted by molar-refractivity contribution is 5.89. The van der Waals surface area contributed by atoms with Crippen LogP contribution in [0.15, 0.2) is 59.0 Å². The number of fused-ring (bicyclic) bond motifs is 5. The number of aromatic amines is 2. The highest BCUT2D eigenvalue weighted by Gasteiger charge is 2.33. The fourth-order valence-electron chi connectivity index (χ4n) is 4.99. The van der Waals surface area contributed by atoms with E-state index in [1.807, 2.05) is 32.5 Å². The maximum absolute atomic E-state index is 4.52. The number of aryl methyl sites for hydroxylation is 2. The molecule has 0 bridgehead atoms. The van der Waals surface area contributed by atoms with E-state index in [1.165, 1.54) is 39.0 Å². The number of rotatable bonds is 2. The Hall–Kier alpha value is -3.47. The zero-order valence-electron chi connectivity index (χ0n) is 17.2. The largest absolute Gasteiger partial charge is 0.343 e. The average Bonchev–Trinajstić information content (AvgIpc) is 3.41. The van der Waals surface area contributed by atoms with Crippen molar-refractivity contribution in [1.82, 2.24) is 19.9 Å². The maximum Gasteiger partial charge on any atom is 0.103 e. The van der Waals surface area contributed by atoms with Crippen LogP contribution in [-0.2, 0) is 0 Å². The van der Waals surface area contributed by atoms with Crippen LogP contribution in [0.4, 0.5) is 0 Å². The van der Waals surface area contributed by atoms with Crippen molar-refractivity contribution in [2.75, 3.05) is 0 Å². The fourth-order valence-corrected chi connectivity index (χ4v) is 4.99. The van der Waals surface area contributed by atoms with Crippen LogP contribution in [0, 0.1) is 13.8 Å². The Morgan fingerprint density at radius 2 is 1.77 bits per heavy atom. The second-order valence-corrected chi connectivity index (χ2v) is 8.33. The summed E-state index contributed by atoms with van der Waals surface area (Å²) >= 11 is 0. The van der Waals surface area contributed by atoms with Crippen LogP contribution in [0.3, 0.4) is 0 Å². The van der Waals surface area contributed by atoms with Crippen molar-refractivity contribution < 1.29 is 0 Å². The SMILES string of the molecule is Cc1ncc(C2=CC3=C(CC2)c2ccc(-c4cnc(C)[nH]4)cc2C2CC=NC=C32)[nH]1. The van der Waals surface area contributed by atoms with E-state index >= 15 is 0 Å². The van der Waals surface area contributed by atoms with Crippen molar-refractivity contribution >= 4 is 17.4 Å². The molecule has 0 saturated heterocycles. The van der Waals surface area contributed by atoms with Gasteiger partial charge in [-0.05, 0) is 84.2 Å². The molecule has 2 aliphatic carbocycles. The zero-order valence-corrected chi connectivity index (χ0v) is 17.2. The third kappa shape index (κ3) is 2.65. The second-order valence-electron chi connectivity index (χ2n) is 8.33. The summed E-state index contributed by atoms with van der Waals surface area (Å²) in [6.45, 7) is 3.99. The number of imidazole rings is 2. The highest BCUT2D eigenvalue weighted by Crippen LogP contribution is 2.50. The summed E-state index contributed by atoms with van der Waals surface area (Å²) in [5.41, 5.74) is 11.7. The molecule has 2 aromatic heterocycles. The normalized spacial score (nSPS) is 19.7. The molecule has 0 amide bonds. The molecule has 1 unspecified atom stereocenters. The van der Waals surface area contributed by atoms with Gasteiger partial charge in [0.25, 0.3) is 0 Å². The van der Waals surface area contributed by atoms with Crippen molar-refractivity contribution in [2.24, 2.45) is 4.99 Å². The van der Waals surface area contributed by atoms with E-state index in [-0.39, 0.29) is 0 Å². The van der Waals surface area contributed by atoms with Crippen molar-refractivity contribution in [1.29, 1.82) is 0 Å². The number of allylic oxidation sites excluding steroid dienone is 5. The second kappa shape index (κ2) is 6.52. The minimum atomic E-state index is 0.347. The van der Waals surface area contributed by atoms with E-state index < -0.39 is 0 Å². The Kier molecular flexibility index (Phi) is 3.78. The quantitative estimate of drug-likeness (QED) is 0.603. The summed E-state index contributed by atoms with van der Waals surface area (Å²) < 4.78 is 0. The van der Waals surface area contributed by atoms with Crippen molar-refractivity contribution in [3.8, 4) is 11.3 Å². The molecule has 148 valence electrons. The van der Waals surface area contributed by atoms with E-state index in [1.54, 1.807) is 0 Å². The number of H-pyrrole nitrogens is 2. The molecule has 6 rings (SSSR count). The Labute approximate surface area is 175 Å². The Balaban J connectivity index is 1.51. The summed E-state index contributed by atoms with van der Waals surface area (Å²) in [5.74, 6) is 2.25. The van der Waals surface area contributed by atoms with Gasteiger partial charge in [-0.1, -0.05) is 12.1 Å². The maximum atomic E-state index is 4.52. The first-order valence-corrected chi connectivity index (χ1v) is 10.5. The molecule has 0 radical (unpaired) electrons. The topological polar surface area (TPSA) is 69.7 Å². The molecule has 0 spiro atoms. The van der Waals surface area contributed by atoms with Crippen LogP contribution in [0.1, 0.15) is 53.7 Å². The van der Waals surface area contributed by atoms with E-state index in [0.717, 1.165) is 42.3 Å². The molecule has 3 aliphatic rings. The van der Waals surface area contributed by atoms with Gasteiger partial charge >= 0.3 is 0 Å². The molecule has 1 aromatic carbocycles. The van der Waals surface area contributed by atoms with Gasteiger partial charge in [0, 0.05) is 18.3 Å². The van der Waals surface area contributed by atoms with Crippen molar-refractivity contribution in [2.45, 2.75) is 39.0 Å². The zero-order chi connectivity index (χ0) is 20.2. The smallest absolute Gasteiger partial charge is 0.103 e. The lowest BCUT2D eigenvalue weighted by Gasteiger charge is -2.35. The molecule has 5 nitrogen and oxygen atoms in total. The van der Waals surface area contributed by atoms with Crippen LogP contribution < -0.4 is 0 Å². The van der Waals surface area contributed by atoms with Crippen LogP contribution in [0.25, 0.3) is 22.4 Å². The molecule has 3 aromatic rings. The van der Waals surface area contributed by atoms with E-state index in [9.17, 15) is 0 Å². The number of aliphatic imine (C=N–C) groups is 1. The molecule has 0 fully saturated rings. The lowest BCUT2D eigenvalue weighted by atomic mass is 9.70. The van der Waals surface area contributed by atoms with Crippen molar-refractivity contribution in [3.05, 3.63) is 82.5 Å². The summed E-state index contributed by atoms with van der Waals surface area (Å²) in [5, 5.41) is 0. The summed E-state index contributed by atoms with van der Waals surface area (Å²) in [6, 6.07) is 6.87. The number of benzene rings is 1. The highest BCUT2D eigenvalue weighted by atomic mass is 14.9. The van der Waals surface area contributed by atoms with E-state index in [2.05, 4.69) is 55.4 Å². The van der Waals surface area contributed by atoms with E-state index in [0.29, 0.717) is 5.92 Å². The Bertz CT molecular complexity index is 1290. The number of hydrogen-bond donors (Lipinski definition) is 2. The molecule has 1 atom stereocenters. The van der Waals surface area contributed by atoms with Gasteiger partial charge in [-0.15, -0.1) is 0 Å². The van der Waals surface area contributed by atoms with Gasteiger partial charge in [-0.25, -0.2) is 9.97 Å². The number of aromatic nitrogens is 4. The number of hydrogen-bond acceptors (Lipinski definition) is 3.